The number of anilines is 1. The average molecular weight is 915 g/mol. The quantitative estimate of drug-likeness (QED) is 0.103. The highest BCUT2D eigenvalue weighted by Gasteiger charge is 2.43. The largest absolute Gasteiger partial charge is 1.00 e. The van der Waals surface area contributed by atoms with Gasteiger partial charge in [-0.25, -0.2) is 18.6 Å². The van der Waals surface area contributed by atoms with E-state index in [2.05, 4.69) is 16.5 Å². The Morgan fingerprint density at radius 3 is 2.57 bits per heavy atom. The summed E-state index contributed by atoms with van der Waals surface area (Å²) in [6, 6.07) is 16.6. The summed E-state index contributed by atoms with van der Waals surface area (Å²) in [5, 5.41) is 31.0. The number of nitrogens with zero attached hydrogens (tertiary/aromatic N) is 6. The van der Waals surface area contributed by atoms with Gasteiger partial charge in [-0.2, -0.15) is 9.83 Å². The first-order chi connectivity index (χ1) is 24.8. The molecule has 18 heteroatoms. The second kappa shape index (κ2) is 19.4. The van der Waals surface area contributed by atoms with Crippen molar-refractivity contribution in [3.63, 3.8) is 0 Å². The Kier molecular flexibility index (Phi) is 15.8. The van der Waals surface area contributed by atoms with Crippen molar-refractivity contribution in [2.75, 3.05) is 25.5 Å². The summed E-state index contributed by atoms with van der Waals surface area (Å²) in [6.07, 6.45) is 1.16. The minimum atomic E-state index is -2.05. The second-order valence-corrected chi connectivity index (χ2v) is 13.3. The number of aliphatic hydroxyl groups is 1. The number of aromatic nitrogens is 4. The highest BCUT2D eigenvalue weighted by atomic mass is 127. The van der Waals surface area contributed by atoms with E-state index in [0.717, 1.165) is 23.8 Å². The van der Waals surface area contributed by atoms with E-state index >= 15 is 4.39 Å². The lowest BCUT2D eigenvalue weighted by molar-refractivity contribution is -0.753. The van der Waals surface area contributed by atoms with Crippen LogP contribution in [-0.4, -0.2) is 52.6 Å². The number of carbonyl (C=O) groups is 2. The first-order valence-electron chi connectivity index (χ1n) is 15.9. The van der Waals surface area contributed by atoms with Crippen LogP contribution in [0.25, 0.3) is 11.3 Å². The Balaban J connectivity index is 0.00000392. The van der Waals surface area contributed by atoms with Gasteiger partial charge in [-0.15, -0.1) is 28.4 Å². The zero-order chi connectivity index (χ0) is 37.6. The van der Waals surface area contributed by atoms with Gasteiger partial charge in [0.05, 0.1) is 34.6 Å². The normalized spacial score (nSPS) is 12.9. The summed E-state index contributed by atoms with van der Waals surface area (Å²) in [7, 11) is 3.10. The summed E-state index contributed by atoms with van der Waals surface area (Å²) in [5.74, 6) is -2.88. The van der Waals surface area contributed by atoms with Crippen LogP contribution in [0.3, 0.4) is 0 Å². The number of hydrogen-bond acceptors (Lipinski definition) is 10. The zero-order valence-electron chi connectivity index (χ0n) is 29.4. The number of nitrogens with one attached hydrogen (secondary N) is 1. The maximum atomic E-state index is 15.4. The fourth-order valence-corrected chi connectivity index (χ4v) is 6.53. The van der Waals surface area contributed by atoms with E-state index in [1.54, 1.807) is 68.7 Å². The van der Waals surface area contributed by atoms with Crippen LogP contribution in [0, 0.1) is 23.0 Å². The zero-order valence-corrected chi connectivity index (χ0v) is 33.9. The van der Waals surface area contributed by atoms with E-state index in [0.29, 0.717) is 32.5 Å². The molecule has 5 aromatic rings. The number of nitriles is 1. The van der Waals surface area contributed by atoms with Crippen LogP contribution in [0.4, 0.5) is 19.3 Å². The predicted octanol–water partition coefficient (Wildman–Crippen LogP) is 3.27. The molecule has 0 aliphatic heterocycles. The molecular formula is C36H36Cl2F2IN7O5S. The lowest BCUT2D eigenvalue weighted by Crippen LogP contribution is -3.00. The lowest BCUT2D eigenvalue weighted by atomic mass is 9.82. The highest BCUT2D eigenvalue weighted by Crippen LogP contribution is 2.41. The SMILES string of the molecule is CNCC(=O)OCc1ccc(Cl)cc1N(C)C(=O)OC(C)[n+]1cnn(CC(O)(c2cc(F)ccc2F)C(C)c2nc(-c3ccc(C#N)cc3)cs2)c1.Cl.[I-]. The molecule has 0 aliphatic carbocycles. The topological polar surface area (TPSA) is 146 Å². The number of rotatable bonds is 13. The monoisotopic (exact) mass is 913 g/mol. The van der Waals surface area contributed by atoms with Crippen molar-refractivity contribution < 1.29 is 61.5 Å². The molecule has 12 nitrogen and oxygen atoms in total. The molecule has 3 unspecified atom stereocenters. The van der Waals surface area contributed by atoms with Crippen molar-refractivity contribution in [3.8, 4) is 17.3 Å². The number of halogens is 5. The van der Waals surface area contributed by atoms with E-state index in [9.17, 15) is 19.1 Å². The number of carbonyl (C=O) groups excluding carboxylic acids is 2. The third-order valence-corrected chi connectivity index (χ3v) is 9.66. The average Bonchev–Trinajstić information content (AvgIpc) is 3.82. The maximum absolute atomic E-state index is 15.4. The van der Waals surface area contributed by atoms with E-state index in [4.69, 9.17) is 31.3 Å². The Labute approximate surface area is 342 Å². The van der Waals surface area contributed by atoms with Crippen LogP contribution < -0.4 is 38.8 Å². The van der Waals surface area contributed by atoms with E-state index in [1.165, 1.54) is 45.2 Å². The van der Waals surface area contributed by atoms with Crippen molar-refractivity contribution in [1.29, 1.82) is 5.26 Å². The minimum absolute atomic E-state index is 0. The van der Waals surface area contributed by atoms with Gasteiger partial charge in [0.15, 0.2) is 0 Å². The smallest absolute Gasteiger partial charge is 0.416 e. The minimum Gasteiger partial charge on any atom is -1.00 e. The van der Waals surface area contributed by atoms with Crippen molar-refractivity contribution in [1.82, 2.24) is 20.1 Å². The van der Waals surface area contributed by atoms with Gasteiger partial charge in [0, 0.05) is 52.1 Å². The number of amides is 1. The number of ether oxygens (including phenoxy) is 2. The van der Waals surface area contributed by atoms with Gasteiger partial charge >= 0.3 is 12.1 Å². The van der Waals surface area contributed by atoms with Crippen molar-refractivity contribution in [2.45, 2.75) is 44.7 Å². The lowest BCUT2D eigenvalue weighted by Gasteiger charge is -2.32. The van der Waals surface area contributed by atoms with Crippen molar-refractivity contribution in [2.24, 2.45) is 0 Å². The molecular weight excluding hydrogens is 878 g/mol. The number of hydrogen-bond donors (Lipinski definition) is 2. The van der Waals surface area contributed by atoms with Crippen LogP contribution in [-0.2, 0) is 33.0 Å². The molecule has 3 atom stereocenters. The Hall–Kier alpha value is -4.25. The molecule has 0 spiro atoms. The number of likely N-dealkylation sites (N-methyl/N-ethyl adjacent to an activating group) is 1. The van der Waals surface area contributed by atoms with Crippen LogP contribution >= 0.6 is 35.3 Å². The number of thiazole rings is 1. The molecule has 0 saturated heterocycles. The molecule has 2 aromatic heterocycles. The van der Waals surface area contributed by atoms with Gasteiger partial charge in [0.1, 0.15) is 30.4 Å². The first-order valence-corrected chi connectivity index (χ1v) is 17.2. The maximum Gasteiger partial charge on any atom is 0.416 e. The third kappa shape index (κ3) is 10.3. The molecule has 2 heterocycles. The predicted molar refractivity (Wildman–Crippen MR) is 195 cm³/mol. The summed E-state index contributed by atoms with van der Waals surface area (Å²) in [4.78, 5) is 31.1. The van der Waals surface area contributed by atoms with E-state index in [1.807, 2.05) is 0 Å². The third-order valence-electron chi connectivity index (χ3n) is 8.40. The molecule has 286 valence electrons. The fourth-order valence-electron chi connectivity index (χ4n) is 5.39. The number of benzene rings is 3. The standard InChI is InChI=1S/C36H35ClF2N7O5S.ClH.HI/c1-22(34-43-31(18-52-34)25-7-5-24(15-40)6-8-25)36(49,29-14-28(38)11-12-30(29)39)19-46-21-45(20-42-46)23(2)51-35(48)44(4)32-13-27(37)10-9-26(32)17-50-33(47)16-41-3;;/h5-14,18,20-23,41,49H,16-17,19H2,1-4H3;2*1H/q+1;;/p-1. The summed E-state index contributed by atoms with van der Waals surface area (Å²) in [5.41, 5.74) is 0.382. The molecule has 0 fully saturated rings. The Morgan fingerprint density at radius 1 is 1.17 bits per heavy atom. The number of esters is 1. The first kappa shape index (κ1) is 44.1. The molecule has 54 heavy (non-hydrogen) atoms. The van der Waals surface area contributed by atoms with Crippen LogP contribution in [0.1, 0.15) is 47.7 Å². The van der Waals surface area contributed by atoms with Gasteiger partial charge in [-0.1, -0.05) is 36.7 Å². The summed E-state index contributed by atoms with van der Waals surface area (Å²) in [6.45, 7) is 2.84. The molecule has 0 bridgehead atoms. The van der Waals surface area contributed by atoms with Gasteiger partial charge in [0.2, 0.25) is 12.6 Å². The van der Waals surface area contributed by atoms with E-state index in [-0.39, 0.29) is 61.6 Å². The highest BCUT2D eigenvalue weighted by molar-refractivity contribution is 7.10. The van der Waals surface area contributed by atoms with Gasteiger partial charge in [-0.05, 0) is 49.5 Å². The van der Waals surface area contributed by atoms with Crippen molar-refractivity contribution >= 4 is 53.1 Å². The molecule has 1 amide bonds. The molecule has 0 radical (unpaired) electrons. The molecule has 5 rings (SSSR count). The Morgan fingerprint density at radius 2 is 1.89 bits per heavy atom. The van der Waals surface area contributed by atoms with Gasteiger partial charge in [0.25, 0.3) is 6.33 Å². The second-order valence-electron chi connectivity index (χ2n) is 11.9. The van der Waals surface area contributed by atoms with Crippen molar-refractivity contribution in [3.05, 3.63) is 117 Å². The van der Waals surface area contributed by atoms with E-state index < -0.39 is 41.4 Å². The van der Waals surface area contributed by atoms with Crippen LogP contribution in [0.5, 0.6) is 0 Å². The summed E-state index contributed by atoms with van der Waals surface area (Å²) < 4.78 is 43.6. The molecule has 0 saturated carbocycles. The Bertz CT molecular complexity index is 2120. The fraction of sp³-hybridized carbons (Fsp3) is 0.278. The van der Waals surface area contributed by atoms with Crippen LogP contribution in [0.2, 0.25) is 5.02 Å². The van der Waals surface area contributed by atoms with Gasteiger partial charge < -0.3 is 43.9 Å². The van der Waals surface area contributed by atoms with Crippen LogP contribution in [0.15, 0.2) is 78.7 Å². The molecule has 2 N–H and O–H groups in total. The summed E-state index contributed by atoms with van der Waals surface area (Å²) >= 11 is 7.45. The molecule has 0 aliphatic rings. The molecule has 3 aromatic carbocycles. The van der Waals surface area contributed by atoms with Gasteiger partial charge in [-0.3, -0.25) is 9.69 Å².